The van der Waals surface area contributed by atoms with E-state index in [1.165, 1.54) is 24.5 Å². The lowest BCUT2D eigenvalue weighted by Gasteiger charge is -2.28. The molecule has 1 saturated heterocycles. The van der Waals surface area contributed by atoms with Crippen molar-refractivity contribution >= 4 is 37.2 Å². The number of thiophene rings is 1. The number of hydrogen-bond acceptors (Lipinski definition) is 5. The van der Waals surface area contributed by atoms with E-state index in [1.54, 1.807) is 17.0 Å². The Hall–Kier alpha value is -1.51. The zero-order valence-electron chi connectivity index (χ0n) is 14.4. The van der Waals surface area contributed by atoms with Gasteiger partial charge in [0.05, 0.1) is 23.0 Å². The first-order chi connectivity index (χ1) is 12.4. The first kappa shape index (κ1) is 17.9. The van der Waals surface area contributed by atoms with Crippen molar-refractivity contribution in [2.75, 3.05) is 18.6 Å². The predicted molar refractivity (Wildman–Crippen MR) is 98.7 cm³/mol. The molecule has 2 fully saturated rings. The lowest BCUT2D eigenvalue weighted by Crippen LogP contribution is -2.42. The van der Waals surface area contributed by atoms with Crippen LogP contribution < -0.4 is 0 Å². The molecular formula is C18H20FNO4S2. The number of benzene rings is 1. The van der Waals surface area contributed by atoms with Gasteiger partial charge in [-0.3, -0.25) is 4.79 Å². The second-order valence-corrected chi connectivity index (χ2v) is 10.2. The smallest absolute Gasteiger partial charge is 0.264 e. The van der Waals surface area contributed by atoms with Crippen LogP contribution in [0.5, 0.6) is 0 Å². The molecule has 1 aromatic heterocycles. The van der Waals surface area contributed by atoms with E-state index in [1.807, 2.05) is 0 Å². The number of sulfone groups is 1. The van der Waals surface area contributed by atoms with E-state index < -0.39 is 9.84 Å². The average Bonchev–Trinajstić information content (AvgIpc) is 3.25. The van der Waals surface area contributed by atoms with E-state index in [4.69, 9.17) is 4.74 Å². The molecule has 140 valence electrons. The van der Waals surface area contributed by atoms with Crippen molar-refractivity contribution in [3.8, 4) is 0 Å². The van der Waals surface area contributed by atoms with Gasteiger partial charge in [-0.15, -0.1) is 11.3 Å². The van der Waals surface area contributed by atoms with Crippen LogP contribution in [0.15, 0.2) is 18.2 Å². The van der Waals surface area contributed by atoms with Gasteiger partial charge in [-0.1, -0.05) is 6.07 Å². The molecule has 2 aromatic rings. The van der Waals surface area contributed by atoms with Gasteiger partial charge in [0.15, 0.2) is 9.84 Å². The molecule has 1 amide bonds. The van der Waals surface area contributed by atoms with Crippen molar-refractivity contribution in [2.45, 2.75) is 38.0 Å². The highest BCUT2D eigenvalue weighted by Gasteiger charge is 2.43. The van der Waals surface area contributed by atoms with E-state index in [0.717, 1.165) is 12.8 Å². The minimum absolute atomic E-state index is 0.0219. The quantitative estimate of drug-likeness (QED) is 0.778. The molecular weight excluding hydrogens is 377 g/mol. The number of methoxy groups -OCH3 is 1. The predicted octanol–water partition coefficient (Wildman–Crippen LogP) is 2.98. The zero-order valence-corrected chi connectivity index (χ0v) is 16.0. The summed E-state index contributed by atoms with van der Waals surface area (Å²) >= 11 is 1.26. The third-order valence-electron chi connectivity index (χ3n) is 5.02. The van der Waals surface area contributed by atoms with Crippen molar-refractivity contribution in [3.63, 3.8) is 0 Å². The second kappa shape index (κ2) is 6.58. The fourth-order valence-electron chi connectivity index (χ4n) is 3.72. The molecule has 1 aliphatic carbocycles. The summed E-state index contributed by atoms with van der Waals surface area (Å²) in [4.78, 5) is 15.6. The van der Waals surface area contributed by atoms with Crippen LogP contribution in [-0.4, -0.2) is 49.9 Å². The van der Waals surface area contributed by atoms with Crippen LogP contribution in [-0.2, 0) is 21.2 Å². The van der Waals surface area contributed by atoms with Gasteiger partial charge in [-0.25, -0.2) is 12.8 Å². The van der Waals surface area contributed by atoms with Crippen LogP contribution >= 0.6 is 11.3 Å². The lowest BCUT2D eigenvalue weighted by molar-refractivity contribution is 0.0682. The van der Waals surface area contributed by atoms with Crippen molar-refractivity contribution in [2.24, 2.45) is 0 Å². The van der Waals surface area contributed by atoms with Crippen LogP contribution in [0, 0.1) is 5.82 Å². The van der Waals surface area contributed by atoms with Gasteiger partial charge in [-0.2, -0.15) is 0 Å². The molecule has 2 aliphatic rings. The van der Waals surface area contributed by atoms with Gasteiger partial charge in [-0.05, 0) is 31.4 Å². The average molecular weight is 397 g/mol. The fraction of sp³-hybridized carbons (Fsp3) is 0.500. The molecule has 1 atom stereocenters. The lowest BCUT2D eigenvalue weighted by atomic mass is 10.1. The first-order valence-corrected chi connectivity index (χ1v) is 11.3. The van der Waals surface area contributed by atoms with Gasteiger partial charge >= 0.3 is 0 Å². The SMILES string of the molecule is COCc1c(C(=O)N(C2CC2)C2CCS(=O)(=O)C2)sc2cccc(F)c12. The molecule has 1 aromatic carbocycles. The minimum atomic E-state index is -3.09. The molecule has 2 heterocycles. The molecule has 0 spiro atoms. The molecule has 8 heteroatoms. The topological polar surface area (TPSA) is 63.7 Å². The van der Waals surface area contributed by atoms with Crippen LogP contribution in [0.25, 0.3) is 10.1 Å². The van der Waals surface area contributed by atoms with Gasteiger partial charge in [0, 0.05) is 34.8 Å². The largest absolute Gasteiger partial charge is 0.380 e. The number of amides is 1. The van der Waals surface area contributed by atoms with Gasteiger partial charge in [0.2, 0.25) is 0 Å². The van der Waals surface area contributed by atoms with Crippen molar-refractivity contribution in [1.29, 1.82) is 0 Å². The summed E-state index contributed by atoms with van der Waals surface area (Å²) in [6.45, 7) is 0.142. The molecule has 0 radical (unpaired) electrons. The second-order valence-electron chi connectivity index (χ2n) is 6.96. The van der Waals surface area contributed by atoms with Crippen molar-refractivity contribution in [1.82, 2.24) is 4.90 Å². The van der Waals surface area contributed by atoms with E-state index in [9.17, 15) is 17.6 Å². The molecule has 4 rings (SSSR count). The number of fused-ring (bicyclic) bond motifs is 1. The molecule has 26 heavy (non-hydrogen) atoms. The maximum Gasteiger partial charge on any atom is 0.264 e. The van der Waals surface area contributed by atoms with E-state index >= 15 is 0 Å². The van der Waals surface area contributed by atoms with Gasteiger partial charge in [0.25, 0.3) is 5.91 Å². The van der Waals surface area contributed by atoms with E-state index in [-0.39, 0.29) is 41.9 Å². The maximum atomic E-state index is 14.4. The van der Waals surface area contributed by atoms with Gasteiger partial charge < -0.3 is 9.64 Å². The monoisotopic (exact) mass is 397 g/mol. The summed E-state index contributed by atoms with van der Waals surface area (Å²) in [7, 11) is -1.57. The summed E-state index contributed by atoms with van der Waals surface area (Å²) in [6.07, 6.45) is 2.26. The highest BCUT2D eigenvalue weighted by molar-refractivity contribution is 7.91. The number of halogens is 1. The molecule has 0 N–H and O–H groups in total. The standard InChI is InChI=1S/C18H20FNO4S2/c1-24-9-13-16-14(19)3-2-4-15(16)25-17(13)18(21)20(11-5-6-11)12-7-8-26(22,23)10-12/h2-4,11-12H,5-10H2,1H3. The summed E-state index contributed by atoms with van der Waals surface area (Å²) in [5.41, 5.74) is 0.558. The Morgan fingerprint density at radius 2 is 2.08 bits per heavy atom. The van der Waals surface area contributed by atoms with Crippen molar-refractivity contribution in [3.05, 3.63) is 34.5 Å². The first-order valence-electron chi connectivity index (χ1n) is 8.63. The highest BCUT2D eigenvalue weighted by Crippen LogP contribution is 2.39. The zero-order chi connectivity index (χ0) is 18.5. The Morgan fingerprint density at radius 3 is 2.69 bits per heavy atom. The van der Waals surface area contributed by atoms with E-state index in [2.05, 4.69) is 0 Å². The van der Waals surface area contributed by atoms with Crippen LogP contribution in [0.2, 0.25) is 0 Å². The van der Waals surface area contributed by atoms with Crippen LogP contribution in [0.4, 0.5) is 4.39 Å². The fourth-order valence-corrected chi connectivity index (χ4v) is 6.59. The summed E-state index contributed by atoms with van der Waals surface area (Å²) in [5.74, 6) is -0.414. The Balaban J connectivity index is 1.77. The molecule has 1 unspecified atom stereocenters. The number of ether oxygens (including phenoxy) is 1. The Kier molecular flexibility index (Phi) is 4.53. The number of hydrogen-bond donors (Lipinski definition) is 0. The summed E-state index contributed by atoms with van der Waals surface area (Å²) < 4.78 is 44.1. The molecule has 1 saturated carbocycles. The van der Waals surface area contributed by atoms with Crippen molar-refractivity contribution < 1.29 is 22.3 Å². The Morgan fingerprint density at radius 1 is 1.31 bits per heavy atom. The Labute approximate surface area is 155 Å². The normalized spacial score (nSPS) is 22.0. The summed E-state index contributed by atoms with van der Waals surface area (Å²) in [6, 6.07) is 4.60. The maximum absolute atomic E-state index is 14.4. The number of carbonyl (C=O) groups is 1. The third-order valence-corrected chi connectivity index (χ3v) is 7.96. The number of rotatable bonds is 5. The van der Waals surface area contributed by atoms with Gasteiger partial charge in [0.1, 0.15) is 5.82 Å². The minimum Gasteiger partial charge on any atom is -0.380 e. The number of nitrogens with zero attached hydrogens (tertiary/aromatic N) is 1. The molecule has 0 bridgehead atoms. The number of carbonyl (C=O) groups excluding carboxylic acids is 1. The van der Waals surface area contributed by atoms with E-state index in [0.29, 0.717) is 26.9 Å². The summed E-state index contributed by atoms with van der Waals surface area (Å²) in [5, 5.41) is 0.428. The Bertz CT molecular complexity index is 965. The van der Waals surface area contributed by atoms with Crippen LogP contribution in [0.1, 0.15) is 34.5 Å². The molecule has 5 nitrogen and oxygen atoms in total. The highest BCUT2D eigenvalue weighted by atomic mass is 32.2. The van der Waals surface area contributed by atoms with Crippen LogP contribution in [0.3, 0.4) is 0 Å². The molecule has 1 aliphatic heterocycles. The third kappa shape index (κ3) is 3.14.